The molecule has 0 radical (unpaired) electrons. The van der Waals surface area contributed by atoms with Crippen LogP contribution < -0.4 is 34.0 Å². The van der Waals surface area contributed by atoms with E-state index >= 15 is 0 Å². The summed E-state index contributed by atoms with van der Waals surface area (Å²) in [5, 5.41) is 0. The van der Waals surface area contributed by atoms with Crippen LogP contribution in [0.15, 0.2) is 12.2 Å². The van der Waals surface area contributed by atoms with Gasteiger partial charge < -0.3 is 34.0 Å². The van der Waals surface area contributed by atoms with E-state index in [0.717, 1.165) is 0 Å². The van der Waals surface area contributed by atoms with Gasteiger partial charge in [-0.1, -0.05) is 12.2 Å². The Balaban J connectivity index is -0.0000000150. The molecule has 0 nitrogen and oxygen atoms in total. The van der Waals surface area contributed by atoms with E-state index < -0.39 is 0 Å². The monoisotopic (exact) mass is 238 g/mol. The molecule has 0 atom stereocenters. The minimum atomic E-state index is 0. The maximum Gasteiger partial charge on any atom is 2.00 e. The second kappa shape index (κ2) is 26.0. The number of rotatable bonds is 0. The third kappa shape index (κ3) is 36.7. The first-order valence-electron chi connectivity index (χ1n) is 1.49. The van der Waals surface area contributed by atoms with Crippen LogP contribution in [0.3, 0.4) is 0 Å². The van der Waals surface area contributed by atoms with E-state index in [-0.39, 0.29) is 57.0 Å². The van der Waals surface area contributed by atoms with Gasteiger partial charge in [-0.2, -0.15) is 0 Å². The SMILES string of the molecule is CC=CC.[Br-].[Br-].[Mg+2]. The quantitative estimate of drug-likeness (QED) is 0.294. The summed E-state index contributed by atoms with van der Waals surface area (Å²) in [6.07, 6.45) is 4.00. The first kappa shape index (κ1) is 23.7. The van der Waals surface area contributed by atoms with Gasteiger partial charge in [-0.25, -0.2) is 0 Å². The van der Waals surface area contributed by atoms with Gasteiger partial charge in [0, 0.05) is 0 Å². The summed E-state index contributed by atoms with van der Waals surface area (Å²) in [4.78, 5) is 0. The van der Waals surface area contributed by atoms with E-state index in [1.54, 1.807) is 0 Å². The van der Waals surface area contributed by atoms with E-state index in [2.05, 4.69) is 0 Å². The molecule has 0 aliphatic rings. The van der Waals surface area contributed by atoms with Crippen molar-refractivity contribution in [3.63, 3.8) is 0 Å². The van der Waals surface area contributed by atoms with Crippen molar-refractivity contribution in [2.24, 2.45) is 0 Å². The molecule has 0 aromatic heterocycles. The minimum Gasteiger partial charge on any atom is -1.00 e. The molecule has 0 saturated heterocycles. The van der Waals surface area contributed by atoms with E-state index in [0.29, 0.717) is 0 Å². The van der Waals surface area contributed by atoms with Crippen molar-refractivity contribution in [2.45, 2.75) is 13.8 Å². The van der Waals surface area contributed by atoms with Gasteiger partial charge in [0.15, 0.2) is 0 Å². The fourth-order valence-electron chi connectivity index (χ4n) is 0. The zero-order valence-corrected chi connectivity index (χ0v) is 9.20. The van der Waals surface area contributed by atoms with E-state index in [9.17, 15) is 0 Å². The normalized spacial score (nSPS) is 5.43. The van der Waals surface area contributed by atoms with Crippen molar-refractivity contribution in [3.8, 4) is 0 Å². The third-order valence-electron chi connectivity index (χ3n) is 0.333. The molecule has 40 valence electrons. The smallest absolute Gasteiger partial charge is 1.00 e. The Hall–Kier alpha value is 1.47. The summed E-state index contributed by atoms with van der Waals surface area (Å²) in [5.74, 6) is 0. The van der Waals surface area contributed by atoms with Crippen LogP contribution in [0.1, 0.15) is 13.8 Å². The van der Waals surface area contributed by atoms with Crippen LogP contribution in [0.4, 0.5) is 0 Å². The van der Waals surface area contributed by atoms with Crippen molar-refractivity contribution >= 4 is 23.1 Å². The predicted molar refractivity (Wildman–Crippen MR) is 26.2 cm³/mol. The van der Waals surface area contributed by atoms with E-state index in [1.165, 1.54) is 0 Å². The molecular weight excluding hydrogens is 232 g/mol. The Kier molecular flexibility index (Phi) is 87.8. The van der Waals surface area contributed by atoms with Crippen molar-refractivity contribution < 1.29 is 34.0 Å². The van der Waals surface area contributed by atoms with Crippen LogP contribution in [0, 0.1) is 0 Å². The second-order valence-electron chi connectivity index (χ2n) is 0.667. The van der Waals surface area contributed by atoms with Crippen LogP contribution >= 0.6 is 0 Å². The van der Waals surface area contributed by atoms with Gasteiger partial charge in [0.05, 0.1) is 0 Å². The summed E-state index contributed by atoms with van der Waals surface area (Å²) in [6.45, 7) is 4.00. The van der Waals surface area contributed by atoms with Gasteiger partial charge in [0.25, 0.3) is 0 Å². The van der Waals surface area contributed by atoms with Gasteiger partial charge in [0.2, 0.25) is 0 Å². The number of halogens is 2. The summed E-state index contributed by atoms with van der Waals surface area (Å²) >= 11 is 0. The first-order valence-corrected chi connectivity index (χ1v) is 1.49. The summed E-state index contributed by atoms with van der Waals surface area (Å²) in [6, 6.07) is 0. The summed E-state index contributed by atoms with van der Waals surface area (Å²) in [7, 11) is 0. The van der Waals surface area contributed by atoms with Gasteiger partial charge in [-0.3, -0.25) is 0 Å². The molecule has 0 aromatic carbocycles. The average Bonchev–Trinajstić information content (AvgIpc) is 1.37. The second-order valence-corrected chi connectivity index (χ2v) is 0.667. The molecule has 0 amide bonds. The maximum absolute atomic E-state index is 2.00. The Morgan fingerprint density at radius 3 is 1.00 bits per heavy atom. The minimum absolute atomic E-state index is 0. The molecule has 0 aliphatic heterocycles. The molecule has 0 rings (SSSR count). The molecule has 0 aromatic rings. The van der Waals surface area contributed by atoms with Gasteiger partial charge in [0.1, 0.15) is 0 Å². The predicted octanol–water partition coefficient (Wildman–Crippen LogP) is -4.79. The summed E-state index contributed by atoms with van der Waals surface area (Å²) < 4.78 is 0. The number of hydrogen-bond acceptors (Lipinski definition) is 0. The van der Waals surface area contributed by atoms with Crippen LogP contribution in [0.2, 0.25) is 0 Å². The van der Waals surface area contributed by atoms with E-state index in [1.807, 2.05) is 26.0 Å². The van der Waals surface area contributed by atoms with Gasteiger partial charge >= 0.3 is 23.1 Å². The Morgan fingerprint density at radius 2 is 1.00 bits per heavy atom. The molecule has 0 spiro atoms. The van der Waals surface area contributed by atoms with Crippen LogP contribution in [0.25, 0.3) is 0 Å². The largest absolute Gasteiger partial charge is 2.00 e. The zero-order valence-electron chi connectivity index (χ0n) is 4.62. The van der Waals surface area contributed by atoms with Crippen LogP contribution in [0.5, 0.6) is 0 Å². The molecule has 0 fully saturated rings. The van der Waals surface area contributed by atoms with Crippen molar-refractivity contribution in [3.05, 3.63) is 12.2 Å². The molecular formula is C4H8Br2Mg. The topological polar surface area (TPSA) is 0 Å². The van der Waals surface area contributed by atoms with Crippen molar-refractivity contribution in [1.82, 2.24) is 0 Å². The zero-order chi connectivity index (χ0) is 3.41. The third-order valence-corrected chi connectivity index (χ3v) is 0.333. The Bertz CT molecular complexity index is 24.9. The Morgan fingerprint density at radius 1 is 0.857 bits per heavy atom. The molecule has 0 N–H and O–H groups in total. The Labute approximate surface area is 82.4 Å². The fourth-order valence-corrected chi connectivity index (χ4v) is 0. The summed E-state index contributed by atoms with van der Waals surface area (Å²) in [5.41, 5.74) is 0. The first-order chi connectivity index (χ1) is 1.91. The van der Waals surface area contributed by atoms with Gasteiger partial charge in [-0.05, 0) is 13.8 Å². The number of allylic oxidation sites excluding steroid dienone is 2. The fraction of sp³-hybridized carbons (Fsp3) is 0.500. The van der Waals surface area contributed by atoms with E-state index in [4.69, 9.17) is 0 Å². The molecule has 0 heterocycles. The van der Waals surface area contributed by atoms with Crippen molar-refractivity contribution in [2.75, 3.05) is 0 Å². The maximum atomic E-state index is 2.00. The molecule has 0 bridgehead atoms. The molecule has 7 heavy (non-hydrogen) atoms. The van der Waals surface area contributed by atoms with Gasteiger partial charge in [-0.15, -0.1) is 0 Å². The average molecular weight is 240 g/mol. The van der Waals surface area contributed by atoms with Crippen LogP contribution in [-0.4, -0.2) is 23.1 Å². The molecule has 0 aliphatic carbocycles. The standard InChI is InChI=1S/C4H8.2BrH.Mg/c1-3-4-2;;;/h3-4H,1-2H3;2*1H;/q;;;+2/p-2. The van der Waals surface area contributed by atoms with Crippen LogP contribution in [-0.2, 0) is 0 Å². The molecule has 0 saturated carbocycles. The number of hydrogen-bond donors (Lipinski definition) is 0. The molecule has 0 unspecified atom stereocenters. The van der Waals surface area contributed by atoms with Crippen molar-refractivity contribution in [1.29, 1.82) is 0 Å². The molecule has 3 heteroatoms.